The normalized spacial score (nSPS) is 10.9. The summed E-state index contributed by atoms with van der Waals surface area (Å²) in [5, 5.41) is 8.79. The van der Waals surface area contributed by atoms with E-state index in [9.17, 15) is 0 Å². The van der Waals surface area contributed by atoms with E-state index in [1.165, 1.54) is 0 Å². The molecule has 4 aromatic rings. The molecule has 0 aliphatic carbocycles. The summed E-state index contributed by atoms with van der Waals surface area (Å²) in [6.45, 7) is 0. The second kappa shape index (κ2) is 7.40. The van der Waals surface area contributed by atoms with E-state index in [4.69, 9.17) is 0 Å². The quantitative estimate of drug-likeness (QED) is 0.490. The van der Waals surface area contributed by atoms with Crippen LogP contribution >= 0.6 is 0 Å². The van der Waals surface area contributed by atoms with Crippen LogP contribution in [0.15, 0.2) is 95.7 Å². The molecular weight excluding hydrogens is 324 g/mol. The van der Waals surface area contributed by atoms with Gasteiger partial charge >= 0.3 is 0 Å². The molecule has 0 aliphatic rings. The van der Waals surface area contributed by atoms with E-state index in [1.54, 1.807) is 24.8 Å². The molecule has 26 heavy (non-hydrogen) atoms. The molecule has 0 radical (unpaired) electrons. The molecule has 0 aromatic carbocycles. The number of hydrogen-bond acceptors (Lipinski definition) is 6. The van der Waals surface area contributed by atoms with Crippen molar-refractivity contribution in [2.75, 3.05) is 0 Å². The zero-order valence-electron chi connectivity index (χ0n) is 13.8. The number of aromatic nitrogens is 4. The van der Waals surface area contributed by atoms with Gasteiger partial charge in [-0.15, -0.1) is 10.2 Å². The Balaban J connectivity index is 1.73. The minimum Gasteiger partial charge on any atom is -0.255 e. The van der Waals surface area contributed by atoms with Crippen molar-refractivity contribution in [1.82, 2.24) is 19.9 Å². The van der Waals surface area contributed by atoms with E-state index >= 15 is 0 Å². The van der Waals surface area contributed by atoms with Crippen LogP contribution < -0.4 is 0 Å². The lowest BCUT2D eigenvalue weighted by molar-refractivity contribution is 1.16. The third kappa shape index (κ3) is 3.34. The summed E-state index contributed by atoms with van der Waals surface area (Å²) in [6, 6.07) is 18.7. The van der Waals surface area contributed by atoms with Gasteiger partial charge in [0.15, 0.2) is 0 Å². The van der Waals surface area contributed by atoms with Crippen LogP contribution in [0, 0.1) is 0 Å². The van der Waals surface area contributed by atoms with E-state index < -0.39 is 0 Å². The van der Waals surface area contributed by atoms with Gasteiger partial charge < -0.3 is 0 Å². The Morgan fingerprint density at radius 1 is 0.462 bits per heavy atom. The third-order valence-electron chi connectivity index (χ3n) is 3.65. The molecule has 6 heteroatoms. The molecule has 4 rings (SSSR count). The van der Waals surface area contributed by atoms with Crippen LogP contribution in [0.2, 0.25) is 0 Å². The van der Waals surface area contributed by atoms with E-state index in [0.717, 1.165) is 11.4 Å². The monoisotopic (exact) mass is 338 g/mol. The number of rotatable bonds is 4. The fraction of sp³-hybridized carbons (Fsp3) is 0. The van der Waals surface area contributed by atoms with Crippen LogP contribution in [0.1, 0.15) is 0 Å². The van der Waals surface area contributed by atoms with Crippen molar-refractivity contribution in [3.63, 3.8) is 0 Å². The van der Waals surface area contributed by atoms with Crippen molar-refractivity contribution in [2.24, 2.45) is 10.2 Å². The summed E-state index contributed by atoms with van der Waals surface area (Å²) < 4.78 is 0. The Hall–Kier alpha value is -3.80. The van der Waals surface area contributed by atoms with Gasteiger partial charge in [0, 0.05) is 24.8 Å². The van der Waals surface area contributed by atoms with E-state index in [0.29, 0.717) is 22.8 Å². The minimum atomic E-state index is 0.641. The molecule has 0 unspecified atom stereocenters. The van der Waals surface area contributed by atoms with Crippen LogP contribution in [0.25, 0.3) is 22.8 Å². The molecule has 0 atom stereocenters. The first-order valence-electron chi connectivity index (χ1n) is 8.06. The van der Waals surface area contributed by atoms with Crippen LogP contribution in [0.4, 0.5) is 11.4 Å². The molecule has 4 heterocycles. The van der Waals surface area contributed by atoms with Crippen molar-refractivity contribution >= 4 is 11.4 Å². The first-order chi connectivity index (χ1) is 12.9. The Morgan fingerprint density at radius 3 is 1.35 bits per heavy atom. The molecule has 0 fully saturated rings. The maximum atomic E-state index is 4.40. The molecule has 0 saturated heterocycles. The van der Waals surface area contributed by atoms with E-state index in [2.05, 4.69) is 30.2 Å². The van der Waals surface area contributed by atoms with Crippen LogP contribution in [-0.2, 0) is 0 Å². The number of pyridine rings is 4. The molecule has 0 N–H and O–H groups in total. The van der Waals surface area contributed by atoms with Crippen molar-refractivity contribution in [1.29, 1.82) is 0 Å². The first kappa shape index (κ1) is 15.7. The predicted molar refractivity (Wildman–Crippen MR) is 99.1 cm³/mol. The van der Waals surface area contributed by atoms with Gasteiger partial charge in [0.05, 0.1) is 11.4 Å². The van der Waals surface area contributed by atoms with Crippen LogP contribution in [-0.4, -0.2) is 19.9 Å². The van der Waals surface area contributed by atoms with Gasteiger partial charge in [-0.3, -0.25) is 19.9 Å². The molecule has 0 aliphatic heterocycles. The average molecular weight is 338 g/mol. The summed E-state index contributed by atoms with van der Waals surface area (Å²) in [4.78, 5) is 17.5. The summed E-state index contributed by atoms with van der Waals surface area (Å²) in [6.07, 6.45) is 6.88. The van der Waals surface area contributed by atoms with Gasteiger partial charge in [-0.2, -0.15) is 0 Å². The van der Waals surface area contributed by atoms with Gasteiger partial charge in [0.2, 0.25) is 0 Å². The van der Waals surface area contributed by atoms with Gasteiger partial charge in [-0.1, -0.05) is 12.1 Å². The second-order valence-electron chi connectivity index (χ2n) is 5.37. The highest BCUT2D eigenvalue weighted by Crippen LogP contribution is 2.31. The van der Waals surface area contributed by atoms with Crippen molar-refractivity contribution in [3.05, 3.63) is 85.5 Å². The maximum absolute atomic E-state index is 4.40. The second-order valence-corrected chi connectivity index (χ2v) is 5.37. The summed E-state index contributed by atoms with van der Waals surface area (Å²) in [5.74, 6) is 0. The number of hydrogen-bond donors (Lipinski definition) is 0. The standard InChI is InChI=1S/C20H14N6/c1-3-11-21-15(7-1)19-17(9-5-13-23-19)25-26-18-10-6-14-24-20(18)16-8-2-4-12-22-16/h1-14H. The zero-order chi connectivity index (χ0) is 17.6. The summed E-state index contributed by atoms with van der Waals surface area (Å²) in [5.41, 5.74) is 4.14. The van der Waals surface area contributed by atoms with Crippen molar-refractivity contribution in [2.45, 2.75) is 0 Å². The smallest absolute Gasteiger partial charge is 0.116 e. The van der Waals surface area contributed by atoms with Crippen molar-refractivity contribution in [3.8, 4) is 22.8 Å². The summed E-state index contributed by atoms with van der Waals surface area (Å²) >= 11 is 0. The molecule has 124 valence electrons. The van der Waals surface area contributed by atoms with Gasteiger partial charge in [0.1, 0.15) is 22.8 Å². The SMILES string of the molecule is c1ccc(-c2ncccc2N=Nc2cccnc2-c2ccccn2)nc1. The first-order valence-corrected chi connectivity index (χ1v) is 8.06. The van der Waals surface area contributed by atoms with Gasteiger partial charge in [-0.25, -0.2) is 0 Å². The van der Waals surface area contributed by atoms with Crippen molar-refractivity contribution < 1.29 is 0 Å². The topological polar surface area (TPSA) is 76.3 Å². The molecule has 0 amide bonds. The average Bonchev–Trinajstić information content (AvgIpc) is 2.74. The van der Waals surface area contributed by atoms with Crippen LogP contribution in [0.5, 0.6) is 0 Å². The Kier molecular flexibility index (Phi) is 4.47. The highest BCUT2D eigenvalue weighted by atomic mass is 15.1. The molecule has 0 saturated carbocycles. The highest BCUT2D eigenvalue weighted by Gasteiger charge is 2.09. The Bertz CT molecular complexity index is 947. The Labute approximate surface area is 150 Å². The van der Waals surface area contributed by atoms with Gasteiger partial charge in [0.25, 0.3) is 0 Å². The van der Waals surface area contributed by atoms with Gasteiger partial charge in [-0.05, 0) is 48.5 Å². The lowest BCUT2D eigenvalue weighted by Crippen LogP contribution is -1.87. The van der Waals surface area contributed by atoms with E-state index in [-0.39, 0.29) is 0 Å². The molecular formula is C20H14N6. The zero-order valence-corrected chi connectivity index (χ0v) is 13.8. The molecule has 0 spiro atoms. The molecule has 4 aromatic heterocycles. The number of nitrogens with zero attached hydrogens (tertiary/aromatic N) is 6. The number of azo groups is 1. The fourth-order valence-corrected chi connectivity index (χ4v) is 2.46. The molecule has 6 nitrogen and oxygen atoms in total. The highest BCUT2D eigenvalue weighted by molar-refractivity contribution is 5.70. The lowest BCUT2D eigenvalue weighted by Gasteiger charge is -2.04. The van der Waals surface area contributed by atoms with Crippen LogP contribution in [0.3, 0.4) is 0 Å². The third-order valence-corrected chi connectivity index (χ3v) is 3.65. The lowest BCUT2D eigenvalue weighted by atomic mass is 10.2. The molecule has 0 bridgehead atoms. The predicted octanol–water partition coefficient (Wildman–Crippen LogP) is 5.02. The van der Waals surface area contributed by atoms with E-state index in [1.807, 2.05) is 60.7 Å². The fourth-order valence-electron chi connectivity index (χ4n) is 2.46. The maximum Gasteiger partial charge on any atom is 0.116 e. The largest absolute Gasteiger partial charge is 0.255 e. The minimum absolute atomic E-state index is 0.641. The Morgan fingerprint density at radius 2 is 0.923 bits per heavy atom. The summed E-state index contributed by atoms with van der Waals surface area (Å²) in [7, 11) is 0.